The van der Waals surface area contributed by atoms with Crippen LogP contribution < -0.4 is 0 Å². The maximum atomic E-state index is 5.13. The Morgan fingerprint density at radius 1 is 0.260 bits per heavy atom. The Bertz CT molecular complexity index is 2740. The summed E-state index contributed by atoms with van der Waals surface area (Å²) in [6.07, 6.45) is 0. The molecular weight excluding hydrogens is 647 g/mol. The molecule has 0 aliphatic heterocycles. The van der Waals surface area contributed by atoms with Gasteiger partial charge >= 0.3 is 0 Å². The maximum Gasteiger partial charge on any atom is 0.164 e. The molecule has 50 heavy (non-hydrogen) atoms. The second-order valence-electron chi connectivity index (χ2n) is 12.4. The molecule has 0 amide bonds. The average molecular weight is 674 g/mol. The standard InChI is InChI=1S/C45H27N3S2/c1-2-9-28(10-3-1)29-17-19-30(20-18-29)31-11-8-12-32(25-31)43-46-44(33-21-23-37-35-13-4-6-15-39(35)49-41(37)26-33)48-45(47-43)34-22-24-38-36-14-5-7-16-40(36)50-42(38)27-34/h1-27H. The molecule has 3 aromatic heterocycles. The highest BCUT2D eigenvalue weighted by molar-refractivity contribution is 7.26. The van der Waals surface area contributed by atoms with Gasteiger partial charge in [-0.1, -0.05) is 133 Å². The lowest BCUT2D eigenvalue weighted by Gasteiger charge is -2.10. The van der Waals surface area contributed by atoms with E-state index in [1.807, 2.05) is 6.07 Å². The van der Waals surface area contributed by atoms with E-state index in [1.165, 1.54) is 51.5 Å². The third-order valence-corrected chi connectivity index (χ3v) is 11.6. The number of benzene rings is 7. The molecule has 0 aliphatic rings. The Kier molecular flexibility index (Phi) is 6.86. The van der Waals surface area contributed by atoms with Gasteiger partial charge in [0.05, 0.1) is 0 Å². The SMILES string of the molecule is c1ccc(-c2ccc(-c3cccc(-c4nc(-c5ccc6c(c5)sc5ccccc56)nc(-c5ccc6c(c5)sc5ccccc56)n4)c3)cc2)cc1. The molecule has 0 N–H and O–H groups in total. The molecular formula is C45H27N3S2. The van der Waals surface area contributed by atoms with Crippen LogP contribution in [0.25, 0.3) is 96.8 Å². The summed E-state index contributed by atoms with van der Waals surface area (Å²) in [4.78, 5) is 15.4. The van der Waals surface area contributed by atoms with Crippen molar-refractivity contribution >= 4 is 63.0 Å². The minimum Gasteiger partial charge on any atom is -0.208 e. The van der Waals surface area contributed by atoms with Crippen molar-refractivity contribution < 1.29 is 0 Å². The van der Waals surface area contributed by atoms with Gasteiger partial charge in [0, 0.05) is 57.0 Å². The predicted molar refractivity (Wildman–Crippen MR) is 213 cm³/mol. The van der Waals surface area contributed by atoms with E-state index in [2.05, 4.69) is 158 Å². The van der Waals surface area contributed by atoms with Crippen molar-refractivity contribution in [3.05, 3.63) is 164 Å². The number of nitrogens with zero attached hydrogens (tertiary/aromatic N) is 3. The Morgan fingerprint density at radius 2 is 0.640 bits per heavy atom. The minimum atomic E-state index is 0.653. The third kappa shape index (κ3) is 5.07. The molecule has 0 aliphatic carbocycles. The number of thiophene rings is 2. The zero-order valence-corrected chi connectivity index (χ0v) is 28.4. The van der Waals surface area contributed by atoms with Crippen molar-refractivity contribution in [3.8, 4) is 56.4 Å². The molecule has 0 radical (unpaired) electrons. The highest BCUT2D eigenvalue weighted by Crippen LogP contribution is 2.38. The van der Waals surface area contributed by atoms with Gasteiger partial charge < -0.3 is 0 Å². The highest BCUT2D eigenvalue weighted by atomic mass is 32.1. The van der Waals surface area contributed by atoms with Crippen molar-refractivity contribution in [2.75, 3.05) is 0 Å². The first kappa shape index (κ1) is 29.0. The quantitative estimate of drug-likeness (QED) is 0.182. The van der Waals surface area contributed by atoms with Crippen molar-refractivity contribution in [3.63, 3.8) is 0 Å². The van der Waals surface area contributed by atoms with Crippen LogP contribution in [0.3, 0.4) is 0 Å². The Hall–Kier alpha value is -6.01. The largest absolute Gasteiger partial charge is 0.208 e. The smallest absolute Gasteiger partial charge is 0.164 e. The summed E-state index contributed by atoms with van der Waals surface area (Å²) in [6, 6.07) is 58.0. The molecule has 3 heterocycles. The van der Waals surface area contributed by atoms with E-state index in [1.54, 1.807) is 22.7 Å². The van der Waals surface area contributed by atoms with Crippen LogP contribution in [0, 0.1) is 0 Å². The molecule has 7 aromatic carbocycles. The first-order chi connectivity index (χ1) is 24.7. The van der Waals surface area contributed by atoms with Gasteiger partial charge in [-0.2, -0.15) is 0 Å². The van der Waals surface area contributed by atoms with Gasteiger partial charge in [-0.15, -0.1) is 22.7 Å². The van der Waals surface area contributed by atoms with Gasteiger partial charge in [0.1, 0.15) is 0 Å². The molecule has 234 valence electrons. The lowest BCUT2D eigenvalue weighted by atomic mass is 9.99. The van der Waals surface area contributed by atoms with Crippen molar-refractivity contribution in [1.82, 2.24) is 15.0 Å². The predicted octanol–water partition coefficient (Wildman–Crippen LogP) is 12.9. The Labute approximate surface area is 296 Å². The second-order valence-corrected chi connectivity index (χ2v) is 14.6. The van der Waals surface area contributed by atoms with Gasteiger partial charge in [0.25, 0.3) is 0 Å². The lowest BCUT2D eigenvalue weighted by molar-refractivity contribution is 1.08. The van der Waals surface area contributed by atoms with Crippen molar-refractivity contribution in [2.24, 2.45) is 0 Å². The van der Waals surface area contributed by atoms with E-state index in [0.717, 1.165) is 27.8 Å². The van der Waals surface area contributed by atoms with Gasteiger partial charge in [-0.3, -0.25) is 0 Å². The molecule has 10 aromatic rings. The van der Waals surface area contributed by atoms with Crippen LogP contribution in [-0.2, 0) is 0 Å². The normalized spacial score (nSPS) is 11.6. The van der Waals surface area contributed by atoms with Gasteiger partial charge in [0.2, 0.25) is 0 Å². The van der Waals surface area contributed by atoms with Gasteiger partial charge in [0.15, 0.2) is 17.5 Å². The summed E-state index contributed by atoms with van der Waals surface area (Å²) in [5.41, 5.74) is 7.57. The summed E-state index contributed by atoms with van der Waals surface area (Å²) in [5.74, 6) is 1.98. The second kappa shape index (κ2) is 11.8. The fourth-order valence-electron chi connectivity index (χ4n) is 6.82. The number of hydrogen-bond acceptors (Lipinski definition) is 5. The summed E-state index contributed by atoms with van der Waals surface area (Å²) in [7, 11) is 0. The Balaban J connectivity index is 1.11. The molecule has 10 rings (SSSR count). The summed E-state index contributed by atoms with van der Waals surface area (Å²) < 4.78 is 5.00. The van der Waals surface area contributed by atoms with E-state index in [0.29, 0.717) is 17.5 Å². The molecule has 0 bridgehead atoms. The monoisotopic (exact) mass is 673 g/mol. The molecule has 0 saturated carbocycles. The molecule has 5 heteroatoms. The average Bonchev–Trinajstić information content (AvgIpc) is 3.76. The van der Waals surface area contributed by atoms with Crippen LogP contribution in [0.15, 0.2) is 164 Å². The van der Waals surface area contributed by atoms with E-state index in [4.69, 9.17) is 15.0 Å². The zero-order chi connectivity index (χ0) is 33.0. The lowest BCUT2D eigenvalue weighted by Crippen LogP contribution is -2.00. The molecule has 0 spiro atoms. The summed E-state index contributed by atoms with van der Waals surface area (Å²) in [6.45, 7) is 0. The van der Waals surface area contributed by atoms with Gasteiger partial charge in [-0.05, 0) is 52.6 Å². The number of aromatic nitrogens is 3. The minimum absolute atomic E-state index is 0.653. The number of hydrogen-bond donors (Lipinski definition) is 0. The third-order valence-electron chi connectivity index (χ3n) is 9.36. The molecule has 0 fully saturated rings. The Morgan fingerprint density at radius 3 is 1.20 bits per heavy atom. The summed E-state index contributed by atoms with van der Waals surface area (Å²) in [5, 5.41) is 5.07. The van der Waals surface area contributed by atoms with E-state index >= 15 is 0 Å². The fourth-order valence-corrected chi connectivity index (χ4v) is 9.11. The highest BCUT2D eigenvalue weighted by Gasteiger charge is 2.16. The topological polar surface area (TPSA) is 38.7 Å². The van der Waals surface area contributed by atoms with E-state index < -0.39 is 0 Å². The van der Waals surface area contributed by atoms with Crippen LogP contribution in [0.1, 0.15) is 0 Å². The van der Waals surface area contributed by atoms with Crippen LogP contribution in [0.2, 0.25) is 0 Å². The van der Waals surface area contributed by atoms with Crippen molar-refractivity contribution in [2.45, 2.75) is 0 Å². The number of rotatable bonds is 5. The molecule has 0 atom stereocenters. The zero-order valence-electron chi connectivity index (χ0n) is 26.7. The van der Waals surface area contributed by atoms with Crippen molar-refractivity contribution in [1.29, 1.82) is 0 Å². The number of fused-ring (bicyclic) bond motifs is 6. The van der Waals surface area contributed by atoms with E-state index in [9.17, 15) is 0 Å². The van der Waals surface area contributed by atoms with Crippen LogP contribution >= 0.6 is 22.7 Å². The molecule has 0 saturated heterocycles. The van der Waals surface area contributed by atoms with Gasteiger partial charge in [-0.25, -0.2) is 15.0 Å². The molecule has 3 nitrogen and oxygen atoms in total. The maximum absolute atomic E-state index is 5.13. The molecule has 0 unspecified atom stereocenters. The summed E-state index contributed by atoms with van der Waals surface area (Å²) >= 11 is 3.61. The first-order valence-electron chi connectivity index (χ1n) is 16.6. The van der Waals surface area contributed by atoms with Crippen LogP contribution in [0.4, 0.5) is 0 Å². The first-order valence-corrected chi connectivity index (χ1v) is 18.2. The van der Waals surface area contributed by atoms with Crippen LogP contribution in [-0.4, -0.2) is 15.0 Å². The fraction of sp³-hybridized carbons (Fsp3) is 0. The van der Waals surface area contributed by atoms with Crippen LogP contribution in [0.5, 0.6) is 0 Å². The van der Waals surface area contributed by atoms with E-state index in [-0.39, 0.29) is 0 Å².